The van der Waals surface area contributed by atoms with E-state index in [9.17, 15) is 0 Å². The van der Waals surface area contributed by atoms with Crippen LogP contribution in [0.4, 0.5) is 5.95 Å². The summed E-state index contributed by atoms with van der Waals surface area (Å²) in [6, 6.07) is 0.421. The Kier molecular flexibility index (Phi) is 3.78. The van der Waals surface area contributed by atoms with E-state index in [4.69, 9.17) is 11.6 Å². The maximum atomic E-state index is 5.92. The molecule has 0 bridgehead atoms. The van der Waals surface area contributed by atoms with Crippen LogP contribution in [-0.2, 0) is 0 Å². The highest BCUT2D eigenvalue weighted by molar-refractivity contribution is 6.31. The first-order chi connectivity index (χ1) is 8.36. The zero-order chi connectivity index (χ0) is 13.3. The Labute approximate surface area is 114 Å². The van der Waals surface area contributed by atoms with Crippen molar-refractivity contribution in [2.24, 2.45) is 0 Å². The van der Waals surface area contributed by atoms with Gasteiger partial charge in [0.2, 0.25) is 5.95 Å². The van der Waals surface area contributed by atoms with E-state index in [0.717, 1.165) is 25.2 Å². The van der Waals surface area contributed by atoms with E-state index >= 15 is 0 Å². The first-order valence-electron chi connectivity index (χ1n) is 6.37. The molecule has 1 atom stereocenters. The van der Waals surface area contributed by atoms with Crippen LogP contribution in [0.2, 0.25) is 5.02 Å². The fourth-order valence-electron chi connectivity index (χ4n) is 2.19. The van der Waals surface area contributed by atoms with Gasteiger partial charge in [0.25, 0.3) is 0 Å². The predicted octanol–water partition coefficient (Wildman–Crippen LogP) is 2.72. The lowest BCUT2D eigenvalue weighted by Gasteiger charge is -2.31. The van der Waals surface area contributed by atoms with Crippen molar-refractivity contribution in [1.82, 2.24) is 14.9 Å². The second-order valence-corrected chi connectivity index (χ2v) is 6.28. The summed E-state index contributed by atoms with van der Waals surface area (Å²) in [5.74, 6) is 0.678. The molecule has 0 saturated carbocycles. The molecule has 5 heteroatoms. The standard InChI is InChI=1S/C13H21ClN4/c1-9-11(14)7-15-12(16-9)17-10-5-6-18(8-10)13(2,3)4/h7,10H,5-6,8H2,1-4H3,(H,15,16,17). The number of aromatic nitrogens is 2. The van der Waals surface area contributed by atoms with Gasteiger partial charge < -0.3 is 5.32 Å². The average Bonchev–Trinajstić information content (AvgIpc) is 2.72. The van der Waals surface area contributed by atoms with Crippen LogP contribution in [0.25, 0.3) is 0 Å². The number of likely N-dealkylation sites (tertiary alicyclic amines) is 1. The van der Waals surface area contributed by atoms with Gasteiger partial charge in [-0.2, -0.15) is 0 Å². The number of anilines is 1. The van der Waals surface area contributed by atoms with Crippen LogP contribution in [-0.4, -0.2) is 39.5 Å². The minimum absolute atomic E-state index is 0.229. The molecule has 1 fully saturated rings. The van der Waals surface area contributed by atoms with E-state index in [1.165, 1.54) is 0 Å². The van der Waals surface area contributed by atoms with Crippen molar-refractivity contribution in [1.29, 1.82) is 0 Å². The van der Waals surface area contributed by atoms with Crippen molar-refractivity contribution in [2.75, 3.05) is 18.4 Å². The molecule has 1 aliphatic rings. The maximum absolute atomic E-state index is 5.92. The highest BCUT2D eigenvalue weighted by Gasteiger charge is 2.30. The molecular weight excluding hydrogens is 248 g/mol. The molecule has 1 unspecified atom stereocenters. The number of aryl methyl sites for hydroxylation is 1. The van der Waals surface area contributed by atoms with Gasteiger partial charge in [0.15, 0.2) is 0 Å². The largest absolute Gasteiger partial charge is 0.350 e. The fraction of sp³-hybridized carbons (Fsp3) is 0.692. The summed E-state index contributed by atoms with van der Waals surface area (Å²) >= 11 is 5.92. The number of rotatable bonds is 2. The monoisotopic (exact) mass is 268 g/mol. The van der Waals surface area contributed by atoms with Crippen LogP contribution in [0.1, 0.15) is 32.9 Å². The maximum Gasteiger partial charge on any atom is 0.223 e. The molecule has 1 saturated heterocycles. The van der Waals surface area contributed by atoms with Crippen LogP contribution in [0.3, 0.4) is 0 Å². The van der Waals surface area contributed by atoms with Gasteiger partial charge in [-0.1, -0.05) is 11.6 Å². The van der Waals surface area contributed by atoms with Crippen LogP contribution in [0.5, 0.6) is 0 Å². The first-order valence-corrected chi connectivity index (χ1v) is 6.75. The van der Waals surface area contributed by atoms with Gasteiger partial charge in [-0.25, -0.2) is 9.97 Å². The third kappa shape index (κ3) is 3.12. The van der Waals surface area contributed by atoms with Crippen molar-refractivity contribution in [3.63, 3.8) is 0 Å². The van der Waals surface area contributed by atoms with Crippen molar-refractivity contribution < 1.29 is 0 Å². The molecule has 1 aliphatic heterocycles. The van der Waals surface area contributed by atoms with E-state index < -0.39 is 0 Å². The minimum Gasteiger partial charge on any atom is -0.350 e. The summed E-state index contributed by atoms with van der Waals surface area (Å²) in [5, 5.41) is 4.00. The average molecular weight is 269 g/mol. The molecule has 2 heterocycles. The molecule has 2 rings (SSSR count). The molecule has 0 spiro atoms. The predicted molar refractivity (Wildman–Crippen MR) is 75.1 cm³/mol. The zero-order valence-electron chi connectivity index (χ0n) is 11.5. The van der Waals surface area contributed by atoms with Crippen LogP contribution >= 0.6 is 11.6 Å². The van der Waals surface area contributed by atoms with Gasteiger partial charge in [0.1, 0.15) is 0 Å². The van der Waals surface area contributed by atoms with E-state index in [1.54, 1.807) is 6.20 Å². The van der Waals surface area contributed by atoms with Crippen LogP contribution < -0.4 is 5.32 Å². The fourth-order valence-corrected chi connectivity index (χ4v) is 2.28. The number of nitrogens with zero attached hydrogens (tertiary/aromatic N) is 3. The third-order valence-electron chi connectivity index (χ3n) is 3.39. The molecule has 1 aromatic rings. The number of hydrogen-bond acceptors (Lipinski definition) is 4. The Morgan fingerprint density at radius 1 is 1.44 bits per heavy atom. The second kappa shape index (κ2) is 5.02. The number of halogens is 1. The van der Waals surface area contributed by atoms with E-state index in [2.05, 4.69) is 41.0 Å². The topological polar surface area (TPSA) is 41.1 Å². The van der Waals surface area contributed by atoms with E-state index in [-0.39, 0.29) is 5.54 Å². The Hall–Kier alpha value is -0.870. The summed E-state index contributed by atoms with van der Waals surface area (Å²) in [4.78, 5) is 11.0. The van der Waals surface area contributed by atoms with Gasteiger partial charge in [-0.05, 0) is 34.1 Å². The lowest BCUT2D eigenvalue weighted by molar-refractivity contribution is 0.174. The van der Waals surface area contributed by atoms with Gasteiger partial charge in [-0.15, -0.1) is 0 Å². The molecule has 100 valence electrons. The van der Waals surface area contributed by atoms with E-state index in [1.807, 2.05) is 6.92 Å². The SMILES string of the molecule is Cc1nc(NC2CCN(C(C)(C)C)C2)ncc1Cl. The lowest BCUT2D eigenvalue weighted by atomic mass is 10.1. The normalized spacial score (nSPS) is 21.3. The zero-order valence-corrected chi connectivity index (χ0v) is 12.3. The van der Waals surface area contributed by atoms with Crippen molar-refractivity contribution in [2.45, 2.75) is 45.7 Å². The third-order valence-corrected chi connectivity index (χ3v) is 3.76. The van der Waals surface area contributed by atoms with Gasteiger partial charge in [0.05, 0.1) is 16.9 Å². The van der Waals surface area contributed by atoms with Gasteiger partial charge in [-0.3, -0.25) is 4.90 Å². The molecule has 1 N–H and O–H groups in total. The Bertz CT molecular complexity index is 427. The smallest absolute Gasteiger partial charge is 0.223 e. The number of hydrogen-bond donors (Lipinski definition) is 1. The molecule has 0 amide bonds. The summed E-state index contributed by atoms with van der Waals surface area (Å²) in [6.07, 6.45) is 2.78. The quantitative estimate of drug-likeness (QED) is 0.896. The molecule has 0 aromatic carbocycles. The Balaban J connectivity index is 1.97. The molecular formula is C13H21ClN4. The van der Waals surface area contributed by atoms with Crippen molar-refractivity contribution in [3.05, 3.63) is 16.9 Å². The summed E-state index contributed by atoms with van der Waals surface area (Å²) in [6.45, 7) is 10.8. The van der Waals surface area contributed by atoms with Gasteiger partial charge >= 0.3 is 0 Å². The number of nitrogens with one attached hydrogen (secondary N) is 1. The second-order valence-electron chi connectivity index (χ2n) is 5.87. The summed E-state index contributed by atoms with van der Waals surface area (Å²) in [5.41, 5.74) is 1.05. The molecule has 18 heavy (non-hydrogen) atoms. The summed E-state index contributed by atoms with van der Waals surface area (Å²) < 4.78 is 0. The highest BCUT2D eigenvalue weighted by atomic mass is 35.5. The lowest BCUT2D eigenvalue weighted by Crippen LogP contribution is -2.40. The minimum atomic E-state index is 0.229. The van der Waals surface area contributed by atoms with Crippen LogP contribution in [0, 0.1) is 6.92 Å². The molecule has 0 radical (unpaired) electrons. The van der Waals surface area contributed by atoms with E-state index in [0.29, 0.717) is 17.0 Å². The van der Waals surface area contributed by atoms with Crippen LogP contribution in [0.15, 0.2) is 6.20 Å². The molecule has 0 aliphatic carbocycles. The highest BCUT2D eigenvalue weighted by Crippen LogP contribution is 2.22. The summed E-state index contributed by atoms with van der Waals surface area (Å²) in [7, 11) is 0. The van der Waals surface area contributed by atoms with Gasteiger partial charge in [0, 0.05) is 24.7 Å². The van der Waals surface area contributed by atoms with Crippen molar-refractivity contribution in [3.8, 4) is 0 Å². The molecule has 1 aromatic heterocycles. The Morgan fingerprint density at radius 3 is 2.72 bits per heavy atom. The Morgan fingerprint density at radius 2 is 2.17 bits per heavy atom. The molecule has 4 nitrogen and oxygen atoms in total. The first kappa shape index (κ1) is 13.6. The van der Waals surface area contributed by atoms with Crippen molar-refractivity contribution >= 4 is 17.5 Å².